The molecule has 1 aliphatic heterocycles. The molecule has 2 heterocycles. The van der Waals surface area contributed by atoms with Crippen LogP contribution in [0.25, 0.3) is 0 Å². The van der Waals surface area contributed by atoms with Gasteiger partial charge in [-0.05, 0) is 44.9 Å². The average molecular weight is 404 g/mol. The maximum absolute atomic E-state index is 13.0. The fraction of sp³-hybridized carbons (Fsp3) is 0.421. The van der Waals surface area contributed by atoms with Gasteiger partial charge in [-0.15, -0.1) is 0 Å². The second kappa shape index (κ2) is 8.66. The summed E-state index contributed by atoms with van der Waals surface area (Å²) in [6.45, 7) is 4.99. The number of nitrogens with zero attached hydrogens (tertiary/aromatic N) is 3. The van der Waals surface area contributed by atoms with Crippen LogP contribution in [0.4, 0.5) is 5.69 Å². The van der Waals surface area contributed by atoms with Gasteiger partial charge in [-0.1, -0.05) is 6.42 Å². The normalized spacial score (nSPS) is 15.2. The molecule has 1 amide bonds. The lowest BCUT2D eigenvalue weighted by Gasteiger charge is -2.26. The molecule has 2 aromatic rings. The zero-order valence-corrected chi connectivity index (χ0v) is 16.8. The molecule has 0 radical (unpaired) electrons. The molecule has 1 aliphatic rings. The van der Waals surface area contributed by atoms with Crippen molar-refractivity contribution in [3.63, 3.8) is 0 Å². The Morgan fingerprint density at radius 3 is 2.57 bits per heavy atom. The van der Waals surface area contributed by atoms with Crippen molar-refractivity contribution in [3.8, 4) is 5.75 Å². The summed E-state index contributed by atoms with van der Waals surface area (Å²) in [6, 6.07) is 4.52. The predicted octanol–water partition coefficient (Wildman–Crippen LogP) is 2.61. The molecular weight excluding hydrogens is 380 g/mol. The molecule has 3 rings (SSSR count). The van der Waals surface area contributed by atoms with Gasteiger partial charge in [0, 0.05) is 19.3 Å². The van der Waals surface area contributed by atoms with Crippen molar-refractivity contribution in [1.29, 1.82) is 0 Å². The van der Waals surface area contributed by atoms with Crippen LogP contribution in [-0.2, 0) is 10.0 Å². The SMILES string of the molecule is CCOc1ccc(S(=O)(=O)N2CCCCC2)cc1NC(=O)c1cnc(C)cn1. The molecule has 1 aromatic carbocycles. The molecule has 1 saturated heterocycles. The fourth-order valence-electron chi connectivity index (χ4n) is 3.00. The van der Waals surface area contributed by atoms with E-state index in [0.717, 1.165) is 19.3 Å². The molecule has 0 unspecified atom stereocenters. The lowest BCUT2D eigenvalue weighted by molar-refractivity contribution is 0.102. The van der Waals surface area contributed by atoms with Gasteiger partial charge in [0.1, 0.15) is 11.4 Å². The number of nitrogens with one attached hydrogen (secondary N) is 1. The number of aromatic nitrogens is 2. The summed E-state index contributed by atoms with van der Waals surface area (Å²) >= 11 is 0. The fourth-order valence-corrected chi connectivity index (χ4v) is 4.54. The Morgan fingerprint density at radius 2 is 1.93 bits per heavy atom. The highest BCUT2D eigenvalue weighted by Crippen LogP contribution is 2.30. The molecule has 8 nitrogen and oxygen atoms in total. The maximum atomic E-state index is 13.0. The molecule has 9 heteroatoms. The van der Waals surface area contributed by atoms with Gasteiger partial charge in [-0.25, -0.2) is 13.4 Å². The van der Waals surface area contributed by atoms with Gasteiger partial charge in [-0.3, -0.25) is 9.78 Å². The highest BCUT2D eigenvalue weighted by Gasteiger charge is 2.27. The van der Waals surface area contributed by atoms with Crippen LogP contribution in [0.1, 0.15) is 42.4 Å². The smallest absolute Gasteiger partial charge is 0.275 e. The standard InChI is InChI=1S/C19H24N4O4S/c1-3-27-18-8-7-15(28(25,26)23-9-5-4-6-10-23)11-16(18)22-19(24)17-13-20-14(2)12-21-17/h7-8,11-13H,3-6,9-10H2,1-2H3,(H,22,24). The first-order valence-electron chi connectivity index (χ1n) is 9.29. The Bertz CT molecular complexity index is 939. The quantitative estimate of drug-likeness (QED) is 0.794. The van der Waals surface area contributed by atoms with Crippen LogP contribution in [-0.4, -0.2) is 48.3 Å². The van der Waals surface area contributed by atoms with Gasteiger partial charge < -0.3 is 10.1 Å². The van der Waals surface area contributed by atoms with E-state index in [0.29, 0.717) is 31.1 Å². The van der Waals surface area contributed by atoms with Crippen LogP contribution in [0.5, 0.6) is 5.75 Å². The minimum absolute atomic E-state index is 0.128. The van der Waals surface area contributed by atoms with Crippen LogP contribution in [0.3, 0.4) is 0 Å². The first kappa shape index (κ1) is 20.2. The summed E-state index contributed by atoms with van der Waals surface area (Å²) in [5.41, 5.74) is 1.12. The Kier molecular flexibility index (Phi) is 6.25. The Labute approximate surface area is 165 Å². The van der Waals surface area contributed by atoms with Crippen LogP contribution >= 0.6 is 0 Å². The summed E-state index contributed by atoms with van der Waals surface area (Å²) in [7, 11) is -3.62. The number of hydrogen-bond donors (Lipinski definition) is 1. The molecule has 0 saturated carbocycles. The number of piperidine rings is 1. The summed E-state index contributed by atoms with van der Waals surface area (Å²) in [4.78, 5) is 20.8. The van der Waals surface area contributed by atoms with Crippen molar-refractivity contribution < 1.29 is 17.9 Å². The summed E-state index contributed by atoms with van der Waals surface area (Å²) in [5, 5.41) is 2.70. The van der Waals surface area contributed by atoms with E-state index in [-0.39, 0.29) is 16.3 Å². The largest absolute Gasteiger partial charge is 0.492 e. The summed E-state index contributed by atoms with van der Waals surface area (Å²) < 4.78 is 32.9. The van der Waals surface area contributed by atoms with E-state index in [2.05, 4.69) is 15.3 Å². The molecule has 0 aliphatic carbocycles. The number of ether oxygens (including phenoxy) is 1. The maximum Gasteiger partial charge on any atom is 0.275 e. The minimum atomic E-state index is -3.62. The van der Waals surface area contributed by atoms with Crippen molar-refractivity contribution in [1.82, 2.24) is 14.3 Å². The van der Waals surface area contributed by atoms with E-state index in [1.165, 1.54) is 28.8 Å². The first-order valence-corrected chi connectivity index (χ1v) is 10.7. The summed E-state index contributed by atoms with van der Waals surface area (Å²) in [5.74, 6) is -0.0884. The zero-order chi connectivity index (χ0) is 20.1. The van der Waals surface area contributed by atoms with E-state index in [4.69, 9.17) is 4.74 Å². The molecule has 0 bridgehead atoms. The van der Waals surface area contributed by atoms with Crippen LogP contribution in [0, 0.1) is 6.92 Å². The summed E-state index contributed by atoms with van der Waals surface area (Å²) in [6.07, 6.45) is 5.61. The number of sulfonamides is 1. The van der Waals surface area contributed by atoms with E-state index in [1.54, 1.807) is 13.0 Å². The van der Waals surface area contributed by atoms with Gasteiger partial charge in [0.05, 0.1) is 29.1 Å². The molecule has 0 spiro atoms. The van der Waals surface area contributed by atoms with Crippen molar-refractivity contribution in [3.05, 3.63) is 42.0 Å². The van der Waals surface area contributed by atoms with Crippen LogP contribution in [0.2, 0.25) is 0 Å². The van der Waals surface area contributed by atoms with E-state index in [9.17, 15) is 13.2 Å². The third kappa shape index (κ3) is 4.48. The third-order valence-electron chi connectivity index (χ3n) is 4.47. The molecular formula is C19H24N4O4S. The zero-order valence-electron chi connectivity index (χ0n) is 16.0. The van der Waals surface area contributed by atoms with Crippen molar-refractivity contribution >= 4 is 21.6 Å². The second-order valence-electron chi connectivity index (χ2n) is 6.55. The molecule has 0 atom stereocenters. The number of carbonyl (C=O) groups excluding carboxylic acids is 1. The second-order valence-corrected chi connectivity index (χ2v) is 8.49. The van der Waals surface area contributed by atoms with Crippen molar-refractivity contribution in [2.45, 2.75) is 38.0 Å². The molecule has 1 fully saturated rings. The Balaban J connectivity index is 1.91. The highest BCUT2D eigenvalue weighted by molar-refractivity contribution is 7.89. The van der Waals surface area contributed by atoms with Crippen molar-refractivity contribution in [2.75, 3.05) is 25.0 Å². The molecule has 150 valence electrons. The number of benzene rings is 1. The first-order chi connectivity index (χ1) is 13.4. The van der Waals surface area contributed by atoms with Gasteiger partial charge in [0.2, 0.25) is 10.0 Å². The molecule has 1 N–H and O–H groups in total. The topological polar surface area (TPSA) is 101 Å². The number of anilines is 1. The monoisotopic (exact) mass is 404 g/mol. The number of aryl methyl sites for hydroxylation is 1. The average Bonchev–Trinajstić information content (AvgIpc) is 2.70. The Morgan fingerprint density at radius 1 is 1.18 bits per heavy atom. The highest BCUT2D eigenvalue weighted by atomic mass is 32.2. The third-order valence-corrected chi connectivity index (χ3v) is 6.36. The van der Waals surface area contributed by atoms with Crippen molar-refractivity contribution in [2.24, 2.45) is 0 Å². The molecule has 28 heavy (non-hydrogen) atoms. The van der Waals surface area contributed by atoms with Gasteiger partial charge in [0.25, 0.3) is 5.91 Å². The van der Waals surface area contributed by atoms with E-state index >= 15 is 0 Å². The van der Waals surface area contributed by atoms with Gasteiger partial charge in [-0.2, -0.15) is 4.31 Å². The lowest BCUT2D eigenvalue weighted by Crippen LogP contribution is -2.35. The number of amides is 1. The number of rotatable bonds is 6. The number of carbonyl (C=O) groups is 1. The van der Waals surface area contributed by atoms with Crippen LogP contribution in [0.15, 0.2) is 35.5 Å². The minimum Gasteiger partial charge on any atom is -0.492 e. The predicted molar refractivity (Wildman–Crippen MR) is 105 cm³/mol. The Hall–Kier alpha value is -2.52. The van der Waals surface area contributed by atoms with Gasteiger partial charge in [0.15, 0.2) is 0 Å². The van der Waals surface area contributed by atoms with E-state index in [1.807, 2.05) is 6.92 Å². The number of hydrogen-bond acceptors (Lipinski definition) is 6. The van der Waals surface area contributed by atoms with Crippen LogP contribution < -0.4 is 10.1 Å². The van der Waals surface area contributed by atoms with Gasteiger partial charge >= 0.3 is 0 Å². The molecule has 1 aromatic heterocycles. The van der Waals surface area contributed by atoms with E-state index < -0.39 is 15.9 Å². The lowest BCUT2D eigenvalue weighted by atomic mass is 10.2.